The number of fused-ring (bicyclic) bond motifs is 19. The highest BCUT2D eigenvalue weighted by molar-refractivity contribution is 9.10. The summed E-state index contributed by atoms with van der Waals surface area (Å²) in [6, 6.07) is 139. The van der Waals surface area contributed by atoms with Crippen LogP contribution in [0.2, 0.25) is 0 Å². The molecule has 478 valence electrons. The van der Waals surface area contributed by atoms with Gasteiger partial charge < -0.3 is 9.13 Å². The van der Waals surface area contributed by atoms with Gasteiger partial charge in [-0.25, -0.2) is 0 Å². The summed E-state index contributed by atoms with van der Waals surface area (Å²) in [5.41, 5.74) is 34.4. The van der Waals surface area contributed by atoms with Gasteiger partial charge in [-0.1, -0.05) is 317 Å². The topological polar surface area (TPSA) is 9.86 Å². The van der Waals surface area contributed by atoms with Crippen molar-refractivity contribution in [1.29, 1.82) is 0 Å². The van der Waals surface area contributed by atoms with Crippen molar-refractivity contribution in [3.8, 4) is 89.3 Å². The van der Waals surface area contributed by atoms with Crippen LogP contribution in [0.1, 0.15) is 44.5 Å². The van der Waals surface area contributed by atoms with Crippen molar-refractivity contribution in [3.63, 3.8) is 0 Å². The molecule has 21 rings (SSSR count). The lowest BCUT2D eigenvalue weighted by atomic mass is 9.67. The van der Waals surface area contributed by atoms with Gasteiger partial charge in [-0.2, -0.15) is 0 Å². The van der Waals surface area contributed by atoms with E-state index in [4.69, 9.17) is 0 Å². The van der Waals surface area contributed by atoms with Crippen molar-refractivity contribution < 1.29 is 0 Å². The van der Waals surface area contributed by atoms with Crippen LogP contribution in [0.4, 0.5) is 0 Å². The Morgan fingerprint density at radius 3 is 1.05 bits per heavy atom. The third-order valence-electron chi connectivity index (χ3n) is 22.0. The molecule has 0 N–H and O–H groups in total. The van der Waals surface area contributed by atoms with E-state index in [1.54, 1.807) is 0 Å². The van der Waals surface area contributed by atoms with E-state index in [2.05, 4.69) is 417 Å². The lowest BCUT2D eigenvalue weighted by Gasteiger charge is -2.35. The normalized spacial score (nSPS) is 13.2. The van der Waals surface area contributed by atoms with Crippen LogP contribution >= 0.6 is 31.9 Å². The number of halogens is 2. The second-order valence-corrected chi connectivity index (χ2v) is 29.0. The number of hydrogen-bond donors (Lipinski definition) is 0. The van der Waals surface area contributed by atoms with Gasteiger partial charge >= 0.3 is 0 Å². The summed E-state index contributed by atoms with van der Waals surface area (Å²) in [5.74, 6) is 0. The number of para-hydroxylation sites is 2. The minimum Gasteiger partial charge on any atom is -0.309 e. The fourth-order valence-electron chi connectivity index (χ4n) is 17.8. The van der Waals surface area contributed by atoms with Crippen LogP contribution in [0, 0.1) is 0 Å². The first-order chi connectivity index (χ1) is 50.4. The van der Waals surface area contributed by atoms with Gasteiger partial charge in [-0.05, 0) is 208 Å². The molecule has 18 aromatic rings. The summed E-state index contributed by atoms with van der Waals surface area (Å²) in [6.07, 6.45) is 0. The Morgan fingerprint density at radius 2 is 0.559 bits per heavy atom. The molecule has 1 spiro atoms. The van der Waals surface area contributed by atoms with Crippen molar-refractivity contribution >= 4 is 75.5 Å². The van der Waals surface area contributed by atoms with E-state index in [0.717, 1.165) is 8.95 Å². The summed E-state index contributed by atoms with van der Waals surface area (Å²) in [7, 11) is 0. The molecule has 16 aromatic carbocycles. The molecule has 0 bridgehead atoms. The highest BCUT2D eigenvalue weighted by Crippen LogP contribution is 2.64. The average Bonchev–Trinajstić information content (AvgIpc) is 1.51. The van der Waals surface area contributed by atoms with E-state index in [-0.39, 0.29) is 5.41 Å². The van der Waals surface area contributed by atoms with Gasteiger partial charge in [-0.15, -0.1) is 0 Å². The Hall–Kier alpha value is -11.9. The number of hydrogen-bond acceptors (Lipinski definition) is 0. The van der Waals surface area contributed by atoms with Crippen LogP contribution in [-0.4, -0.2) is 9.13 Å². The molecular weight excluding hydrogens is 1360 g/mol. The molecule has 0 atom stereocenters. The fraction of sp³-hybridized carbons (Fsp3) is 0.0204. The molecular formula is C98H62Br2N2. The summed E-state index contributed by atoms with van der Waals surface area (Å²) in [6.45, 7) is 0. The Balaban J connectivity index is 0.000000137. The predicted octanol–water partition coefficient (Wildman–Crippen LogP) is 26.5. The highest BCUT2D eigenvalue weighted by Gasteiger charge is 2.52. The van der Waals surface area contributed by atoms with Crippen molar-refractivity contribution in [2.45, 2.75) is 10.8 Å². The number of aromatic nitrogens is 2. The standard InChI is InChI=1S/C49H30BrN.C49H32BrN/c50-35-14-10-13-33(28-35)31-11-9-12-32(27-31)34-23-26-48-42(29-34)41-18-4-8-22-47(41)51(48)36-24-25-40-39-17-3-7-21-45(39)49(46(40)30-36)43-19-5-1-15-37(43)38-16-2-6-20-44(38)49;50-39-21-12-16-35(31-39)33-14-11-15-34(30-33)36-28-29-46-43(32-36)41-23-8-10-26-45(41)51(46)47-27-13-24-42-40-22-7-9-25-44(40)49(48(42)47,37-17-3-1-4-18-37)38-19-5-2-6-20-38/h1-30H;1-32H. The van der Waals surface area contributed by atoms with E-state index in [9.17, 15) is 0 Å². The van der Waals surface area contributed by atoms with E-state index < -0.39 is 5.41 Å². The zero-order valence-electron chi connectivity index (χ0n) is 55.4. The minimum atomic E-state index is -0.504. The molecule has 0 unspecified atom stereocenters. The van der Waals surface area contributed by atoms with Crippen molar-refractivity contribution in [3.05, 3.63) is 430 Å². The quantitative estimate of drug-likeness (QED) is 0.143. The van der Waals surface area contributed by atoms with E-state index >= 15 is 0 Å². The van der Waals surface area contributed by atoms with Crippen LogP contribution in [0.15, 0.2) is 385 Å². The van der Waals surface area contributed by atoms with Gasteiger partial charge in [0.1, 0.15) is 0 Å². The molecule has 0 radical (unpaired) electrons. The Kier molecular flexibility index (Phi) is 14.1. The SMILES string of the molecule is Brc1cccc(-c2cccc(-c3ccc4c(c3)c3ccccc3n4-c3ccc4c(c3)C3(c5ccccc5-c5ccccc53)c3ccccc3-4)c2)c1.Brc1cccc(-c2cccc(-c3ccc4c(c3)c3ccccc3n4-c3cccc4c3C(c3ccccc3)(c3ccccc3)c3ccccc3-4)c2)c1. The lowest BCUT2D eigenvalue weighted by Crippen LogP contribution is -2.29. The highest BCUT2D eigenvalue weighted by atomic mass is 79.9. The predicted molar refractivity (Wildman–Crippen MR) is 432 cm³/mol. The summed E-state index contributed by atoms with van der Waals surface area (Å²) >= 11 is 7.30. The number of nitrogens with zero attached hydrogens (tertiary/aromatic N) is 2. The zero-order valence-corrected chi connectivity index (χ0v) is 58.6. The minimum absolute atomic E-state index is 0.375. The second kappa shape index (κ2) is 23.9. The van der Waals surface area contributed by atoms with Crippen LogP contribution in [0.25, 0.3) is 133 Å². The maximum Gasteiger partial charge on any atom is 0.0734 e. The van der Waals surface area contributed by atoms with E-state index in [0.29, 0.717) is 0 Å². The maximum atomic E-state index is 3.65. The maximum absolute atomic E-state index is 3.65. The largest absolute Gasteiger partial charge is 0.309 e. The molecule has 2 heterocycles. The van der Waals surface area contributed by atoms with Gasteiger partial charge in [0.05, 0.1) is 38.6 Å². The molecule has 2 nitrogen and oxygen atoms in total. The molecule has 2 aromatic heterocycles. The molecule has 4 heteroatoms. The lowest BCUT2D eigenvalue weighted by molar-refractivity contribution is 0.762. The summed E-state index contributed by atoms with van der Waals surface area (Å²) in [4.78, 5) is 0. The third kappa shape index (κ3) is 9.09. The first kappa shape index (κ1) is 60.1. The smallest absolute Gasteiger partial charge is 0.0734 e. The van der Waals surface area contributed by atoms with Crippen LogP contribution in [0.5, 0.6) is 0 Å². The van der Waals surface area contributed by atoms with Crippen molar-refractivity contribution in [2.75, 3.05) is 0 Å². The Bertz CT molecular complexity index is 6330. The number of benzene rings is 16. The van der Waals surface area contributed by atoms with Gasteiger partial charge in [0.2, 0.25) is 0 Å². The summed E-state index contributed by atoms with van der Waals surface area (Å²) in [5, 5.41) is 5.00. The Labute approximate surface area is 609 Å². The van der Waals surface area contributed by atoms with Crippen LogP contribution in [-0.2, 0) is 10.8 Å². The monoisotopic (exact) mass is 1420 g/mol. The van der Waals surface area contributed by atoms with Crippen molar-refractivity contribution in [2.24, 2.45) is 0 Å². The molecule has 3 aliphatic carbocycles. The Morgan fingerprint density at radius 1 is 0.206 bits per heavy atom. The molecule has 102 heavy (non-hydrogen) atoms. The molecule has 0 aliphatic heterocycles. The molecule has 0 saturated carbocycles. The van der Waals surface area contributed by atoms with Gasteiger partial charge in [0.25, 0.3) is 0 Å². The zero-order chi connectivity index (χ0) is 67.6. The first-order valence-corrected chi connectivity index (χ1v) is 36.6. The fourth-order valence-corrected chi connectivity index (χ4v) is 18.6. The molecule has 0 fully saturated rings. The van der Waals surface area contributed by atoms with Gasteiger partial charge in [0.15, 0.2) is 0 Å². The first-order valence-electron chi connectivity index (χ1n) is 35.0. The van der Waals surface area contributed by atoms with Crippen molar-refractivity contribution in [1.82, 2.24) is 9.13 Å². The third-order valence-corrected chi connectivity index (χ3v) is 23.0. The average molecular weight is 1430 g/mol. The molecule has 3 aliphatic rings. The molecule has 0 amide bonds. The van der Waals surface area contributed by atoms with Crippen LogP contribution < -0.4 is 0 Å². The van der Waals surface area contributed by atoms with Crippen LogP contribution in [0.3, 0.4) is 0 Å². The van der Waals surface area contributed by atoms with Gasteiger partial charge in [0, 0.05) is 41.7 Å². The molecule has 0 saturated heterocycles. The number of rotatable bonds is 8. The second-order valence-electron chi connectivity index (χ2n) is 27.2. The summed E-state index contributed by atoms with van der Waals surface area (Å²) < 4.78 is 7.15. The van der Waals surface area contributed by atoms with E-state index in [1.807, 2.05) is 0 Å². The van der Waals surface area contributed by atoms with E-state index in [1.165, 1.54) is 177 Å². The van der Waals surface area contributed by atoms with Gasteiger partial charge in [-0.3, -0.25) is 0 Å².